The molecule has 1 aromatic heterocycles. The van der Waals surface area contributed by atoms with Crippen molar-refractivity contribution < 1.29 is 13.5 Å². The van der Waals surface area contributed by atoms with Crippen LogP contribution in [0.15, 0.2) is 64.3 Å². The molecule has 0 aliphatic heterocycles. The summed E-state index contributed by atoms with van der Waals surface area (Å²) in [5.74, 6) is 0. The van der Waals surface area contributed by atoms with Gasteiger partial charge in [-0.25, -0.2) is 8.42 Å². The molecule has 2 aromatic carbocycles. The van der Waals surface area contributed by atoms with Gasteiger partial charge in [0.1, 0.15) is 0 Å². The molecule has 2 N–H and O–H groups in total. The molecule has 27 heavy (non-hydrogen) atoms. The zero-order chi connectivity index (χ0) is 19.4. The van der Waals surface area contributed by atoms with Crippen molar-refractivity contribution in [3.05, 3.63) is 76.1 Å². The number of aromatic nitrogens is 1. The molecule has 0 fully saturated rings. The number of nitrogens with one attached hydrogen (secondary N) is 1. The first-order chi connectivity index (χ1) is 12.9. The van der Waals surface area contributed by atoms with Crippen molar-refractivity contribution >= 4 is 20.9 Å². The number of sulfonamides is 1. The molecule has 0 radical (unpaired) electrons. The van der Waals surface area contributed by atoms with Gasteiger partial charge in [0.05, 0.1) is 10.4 Å². The molecule has 0 aliphatic carbocycles. The van der Waals surface area contributed by atoms with Crippen molar-refractivity contribution in [2.24, 2.45) is 0 Å². The topological polar surface area (TPSA) is 90.5 Å². The van der Waals surface area contributed by atoms with Crippen molar-refractivity contribution in [2.75, 3.05) is 13.2 Å². The van der Waals surface area contributed by atoms with Crippen LogP contribution in [0.2, 0.25) is 0 Å². The Labute approximate surface area is 158 Å². The summed E-state index contributed by atoms with van der Waals surface area (Å²) >= 11 is 0. The third-order valence-corrected chi connectivity index (χ3v) is 6.32. The zero-order valence-corrected chi connectivity index (χ0v) is 15.9. The SMILES string of the molecule is Cc1cccc2cc(CN(CCCO)S(=O)(=O)c3ccccc3)c(=O)[nH]c12. The minimum absolute atomic E-state index is 0.0591. The third kappa shape index (κ3) is 4.10. The van der Waals surface area contributed by atoms with Crippen LogP contribution in [0.25, 0.3) is 10.9 Å². The van der Waals surface area contributed by atoms with Crippen LogP contribution in [0.4, 0.5) is 0 Å². The summed E-state index contributed by atoms with van der Waals surface area (Å²) in [7, 11) is -3.78. The molecule has 142 valence electrons. The summed E-state index contributed by atoms with van der Waals surface area (Å²) in [5, 5.41) is 10.0. The van der Waals surface area contributed by atoms with E-state index >= 15 is 0 Å². The molecular formula is C20H22N2O4S. The molecule has 0 aliphatic rings. The summed E-state index contributed by atoms with van der Waals surface area (Å²) in [6, 6.07) is 15.5. The number of H-pyrrole nitrogens is 1. The number of aromatic amines is 1. The highest BCUT2D eigenvalue weighted by molar-refractivity contribution is 7.89. The second kappa shape index (κ2) is 8.04. The number of aliphatic hydroxyl groups excluding tert-OH is 1. The molecule has 0 atom stereocenters. The molecule has 3 rings (SSSR count). The van der Waals surface area contributed by atoms with E-state index in [-0.39, 0.29) is 36.6 Å². The van der Waals surface area contributed by atoms with Crippen LogP contribution in [-0.4, -0.2) is 36.0 Å². The number of benzene rings is 2. The fourth-order valence-corrected chi connectivity index (χ4v) is 4.49. The predicted molar refractivity (Wildman–Crippen MR) is 105 cm³/mol. The molecule has 0 spiro atoms. The highest BCUT2D eigenvalue weighted by Gasteiger charge is 2.25. The number of pyridine rings is 1. The highest BCUT2D eigenvalue weighted by Crippen LogP contribution is 2.20. The third-order valence-electron chi connectivity index (χ3n) is 4.46. The van der Waals surface area contributed by atoms with Crippen LogP contribution < -0.4 is 5.56 Å². The summed E-state index contributed by atoms with van der Waals surface area (Å²) in [5.41, 5.74) is 1.75. The van der Waals surface area contributed by atoms with Crippen LogP contribution in [0, 0.1) is 6.92 Å². The Kier molecular flexibility index (Phi) is 5.74. The average molecular weight is 386 g/mol. The minimum atomic E-state index is -3.78. The van der Waals surface area contributed by atoms with E-state index in [1.165, 1.54) is 16.4 Å². The average Bonchev–Trinajstić information content (AvgIpc) is 2.67. The van der Waals surface area contributed by atoms with Crippen LogP contribution >= 0.6 is 0 Å². The summed E-state index contributed by atoms with van der Waals surface area (Å²) in [6.07, 6.45) is 0.288. The first-order valence-corrected chi connectivity index (χ1v) is 10.1. The van der Waals surface area contributed by atoms with E-state index in [2.05, 4.69) is 4.98 Å². The van der Waals surface area contributed by atoms with Gasteiger partial charge in [-0.05, 0) is 42.5 Å². The Morgan fingerprint density at radius 3 is 2.52 bits per heavy atom. The maximum absolute atomic E-state index is 13.0. The van der Waals surface area contributed by atoms with Gasteiger partial charge in [0.2, 0.25) is 10.0 Å². The summed E-state index contributed by atoms with van der Waals surface area (Å²) in [6.45, 7) is 1.84. The number of hydrogen-bond donors (Lipinski definition) is 2. The predicted octanol–water partition coefficient (Wildman–Crippen LogP) is 2.41. The van der Waals surface area contributed by atoms with Gasteiger partial charge in [-0.1, -0.05) is 36.4 Å². The second-order valence-corrected chi connectivity index (χ2v) is 8.33. The fraction of sp³-hybridized carbons (Fsp3) is 0.250. The molecule has 0 bridgehead atoms. The molecule has 0 unspecified atom stereocenters. The van der Waals surface area contributed by atoms with Crippen LogP contribution in [-0.2, 0) is 16.6 Å². The van der Waals surface area contributed by atoms with Gasteiger partial charge in [-0.3, -0.25) is 4.79 Å². The lowest BCUT2D eigenvalue weighted by Gasteiger charge is -2.22. The van der Waals surface area contributed by atoms with Crippen LogP contribution in [0.5, 0.6) is 0 Å². The van der Waals surface area contributed by atoms with Crippen molar-refractivity contribution in [3.8, 4) is 0 Å². The first kappa shape index (κ1) is 19.3. The van der Waals surface area contributed by atoms with E-state index in [9.17, 15) is 13.2 Å². The Bertz CT molecular complexity index is 1090. The second-order valence-electron chi connectivity index (χ2n) is 6.39. The van der Waals surface area contributed by atoms with Gasteiger partial charge in [-0.2, -0.15) is 4.31 Å². The Morgan fingerprint density at radius 2 is 1.81 bits per heavy atom. The zero-order valence-electron chi connectivity index (χ0n) is 15.1. The Hall–Kier alpha value is -2.48. The van der Waals surface area contributed by atoms with E-state index in [0.29, 0.717) is 5.56 Å². The number of aryl methyl sites for hydroxylation is 1. The molecule has 7 heteroatoms. The maximum atomic E-state index is 13.0. The number of rotatable bonds is 7. The first-order valence-electron chi connectivity index (χ1n) is 8.71. The quantitative estimate of drug-likeness (QED) is 0.652. The lowest BCUT2D eigenvalue weighted by molar-refractivity contribution is 0.267. The van der Waals surface area contributed by atoms with E-state index in [0.717, 1.165) is 16.5 Å². The molecule has 1 heterocycles. The standard InChI is InChI=1S/C20H22N2O4S/c1-15-7-5-8-16-13-17(20(24)21-19(15)16)14-22(11-6-12-23)27(25,26)18-9-3-2-4-10-18/h2-5,7-10,13,23H,6,11-12,14H2,1H3,(H,21,24). The normalized spacial score (nSPS) is 12.0. The smallest absolute Gasteiger partial charge is 0.252 e. The van der Waals surface area contributed by atoms with Gasteiger partial charge >= 0.3 is 0 Å². The van der Waals surface area contributed by atoms with E-state index in [1.807, 2.05) is 25.1 Å². The van der Waals surface area contributed by atoms with Crippen molar-refractivity contribution in [1.82, 2.24) is 9.29 Å². The molecule has 6 nitrogen and oxygen atoms in total. The minimum Gasteiger partial charge on any atom is -0.396 e. The molecule has 0 saturated carbocycles. The van der Waals surface area contributed by atoms with Crippen molar-refractivity contribution in [2.45, 2.75) is 24.8 Å². The molecule has 0 saturated heterocycles. The summed E-state index contributed by atoms with van der Waals surface area (Å²) in [4.78, 5) is 15.5. The lowest BCUT2D eigenvalue weighted by atomic mass is 10.1. The summed E-state index contributed by atoms with van der Waals surface area (Å²) < 4.78 is 27.2. The lowest BCUT2D eigenvalue weighted by Crippen LogP contribution is -2.34. The van der Waals surface area contributed by atoms with Gasteiger partial charge in [0, 0.05) is 25.3 Å². The van der Waals surface area contributed by atoms with E-state index in [4.69, 9.17) is 5.11 Å². The van der Waals surface area contributed by atoms with Gasteiger partial charge < -0.3 is 10.1 Å². The monoisotopic (exact) mass is 386 g/mol. The maximum Gasteiger partial charge on any atom is 0.252 e. The number of aliphatic hydroxyl groups is 1. The molecule has 3 aromatic rings. The largest absolute Gasteiger partial charge is 0.396 e. The van der Waals surface area contributed by atoms with Crippen LogP contribution in [0.1, 0.15) is 17.5 Å². The number of nitrogens with zero attached hydrogens (tertiary/aromatic N) is 1. The van der Waals surface area contributed by atoms with Gasteiger partial charge in [-0.15, -0.1) is 0 Å². The molecular weight excluding hydrogens is 364 g/mol. The fourth-order valence-electron chi connectivity index (χ4n) is 3.01. The van der Waals surface area contributed by atoms with E-state index < -0.39 is 10.0 Å². The highest BCUT2D eigenvalue weighted by atomic mass is 32.2. The molecule has 0 amide bonds. The van der Waals surface area contributed by atoms with Gasteiger partial charge in [0.25, 0.3) is 5.56 Å². The Balaban J connectivity index is 2.02. The Morgan fingerprint density at radius 1 is 1.07 bits per heavy atom. The van der Waals surface area contributed by atoms with Gasteiger partial charge in [0.15, 0.2) is 0 Å². The number of fused-ring (bicyclic) bond motifs is 1. The van der Waals surface area contributed by atoms with Crippen molar-refractivity contribution in [1.29, 1.82) is 0 Å². The van der Waals surface area contributed by atoms with E-state index in [1.54, 1.807) is 24.3 Å². The number of hydrogen-bond acceptors (Lipinski definition) is 4. The number of para-hydroxylation sites is 1. The van der Waals surface area contributed by atoms with Crippen molar-refractivity contribution in [3.63, 3.8) is 0 Å². The van der Waals surface area contributed by atoms with Crippen LogP contribution in [0.3, 0.4) is 0 Å².